The van der Waals surface area contributed by atoms with E-state index in [1.165, 1.54) is 17.7 Å². The van der Waals surface area contributed by atoms with Crippen LogP contribution >= 0.6 is 11.3 Å². The highest BCUT2D eigenvalue weighted by molar-refractivity contribution is 7.10. The van der Waals surface area contributed by atoms with Crippen LogP contribution in [0.15, 0.2) is 40.3 Å². The molecule has 2 aromatic rings. The monoisotopic (exact) mass is 346 g/mol. The van der Waals surface area contributed by atoms with Crippen molar-refractivity contribution in [3.05, 3.63) is 46.5 Å². The number of likely N-dealkylation sites (tertiary alicyclic amines) is 1. The summed E-state index contributed by atoms with van der Waals surface area (Å²) >= 11 is 1.83. The molecule has 0 radical (unpaired) electrons. The van der Waals surface area contributed by atoms with E-state index in [9.17, 15) is 5.11 Å². The first kappa shape index (κ1) is 16.3. The summed E-state index contributed by atoms with van der Waals surface area (Å²) < 4.78 is 5.46. The fourth-order valence-electron chi connectivity index (χ4n) is 3.96. The maximum absolute atomic E-state index is 9.69. The average Bonchev–Trinajstić information content (AvgIpc) is 3.25. The van der Waals surface area contributed by atoms with Gasteiger partial charge in [0.15, 0.2) is 0 Å². The lowest BCUT2D eigenvalue weighted by atomic mass is 9.76. The van der Waals surface area contributed by atoms with Crippen LogP contribution in [-0.4, -0.2) is 35.2 Å². The van der Waals surface area contributed by atoms with Gasteiger partial charge in [-0.25, -0.2) is 0 Å². The summed E-state index contributed by atoms with van der Waals surface area (Å²) in [4.78, 5) is 3.90. The predicted octanol–water partition coefficient (Wildman–Crippen LogP) is 3.41. The summed E-state index contributed by atoms with van der Waals surface area (Å²) in [7, 11) is 0. The van der Waals surface area contributed by atoms with Gasteiger partial charge in [-0.3, -0.25) is 4.90 Å². The quantitative estimate of drug-likeness (QED) is 0.842. The molecule has 4 nitrogen and oxygen atoms in total. The van der Waals surface area contributed by atoms with Crippen molar-refractivity contribution >= 4 is 11.3 Å². The van der Waals surface area contributed by atoms with Crippen molar-refractivity contribution in [2.45, 2.75) is 50.4 Å². The third kappa shape index (κ3) is 3.75. The van der Waals surface area contributed by atoms with Gasteiger partial charge >= 0.3 is 0 Å². The number of furan rings is 1. The second-order valence-electron chi connectivity index (χ2n) is 7.17. The Morgan fingerprint density at radius 1 is 1.25 bits per heavy atom. The van der Waals surface area contributed by atoms with E-state index >= 15 is 0 Å². The van der Waals surface area contributed by atoms with E-state index in [4.69, 9.17) is 4.42 Å². The van der Waals surface area contributed by atoms with Gasteiger partial charge in [0.05, 0.1) is 18.9 Å². The lowest BCUT2D eigenvalue weighted by molar-refractivity contribution is 0.0202. The molecule has 2 aromatic heterocycles. The SMILES string of the molecule is OC1CC([C@@H](NC2CCN(Cc3ccco3)CC2)c2cccs2)C1. The van der Waals surface area contributed by atoms with Gasteiger partial charge < -0.3 is 14.8 Å². The number of aliphatic hydroxyl groups excluding tert-OH is 1. The van der Waals surface area contributed by atoms with Gasteiger partial charge in [-0.15, -0.1) is 11.3 Å². The van der Waals surface area contributed by atoms with E-state index in [1.807, 2.05) is 17.4 Å². The van der Waals surface area contributed by atoms with Crippen LogP contribution in [0.4, 0.5) is 0 Å². The molecule has 0 spiro atoms. The highest BCUT2D eigenvalue weighted by Crippen LogP contribution is 2.40. The number of nitrogens with one attached hydrogen (secondary N) is 1. The van der Waals surface area contributed by atoms with Gasteiger partial charge in [-0.2, -0.15) is 0 Å². The van der Waals surface area contributed by atoms with Gasteiger partial charge in [0.1, 0.15) is 5.76 Å². The van der Waals surface area contributed by atoms with Gasteiger partial charge in [-0.1, -0.05) is 6.07 Å². The minimum atomic E-state index is -0.0885. The second kappa shape index (κ2) is 7.40. The summed E-state index contributed by atoms with van der Waals surface area (Å²) in [5, 5.41) is 15.8. The third-order valence-corrected chi connectivity index (χ3v) is 6.39. The maximum Gasteiger partial charge on any atom is 0.117 e. The average molecular weight is 346 g/mol. The van der Waals surface area contributed by atoms with Crippen molar-refractivity contribution < 1.29 is 9.52 Å². The van der Waals surface area contributed by atoms with Crippen LogP contribution < -0.4 is 5.32 Å². The highest BCUT2D eigenvalue weighted by Gasteiger charge is 2.36. The number of aliphatic hydroxyl groups is 1. The Hall–Kier alpha value is -1.14. The summed E-state index contributed by atoms with van der Waals surface area (Å²) in [6, 6.07) is 9.37. The van der Waals surface area contributed by atoms with E-state index < -0.39 is 0 Å². The lowest BCUT2D eigenvalue weighted by Crippen LogP contribution is -2.47. The van der Waals surface area contributed by atoms with E-state index in [1.54, 1.807) is 6.26 Å². The molecular formula is C19H26N2O2S. The number of thiophene rings is 1. The molecule has 2 N–H and O–H groups in total. The Morgan fingerprint density at radius 2 is 2.08 bits per heavy atom. The zero-order chi connectivity index (χ0) is 16.4. The highest BCUT2D eigenvalue weighted by atomic mass is 32.1. The first-order valence-corrected chi connectivity index (χ1v) is 9.88. The summed E-state index contributed by atoms with van der Waals surface area (Å²) in [5.74, 6) is 1.64. The first-order valence-electron chi connectivity index (χ1n) is 9.00. The molecule has 0 unspecified atom stereocenters. The van der Waals surface area contributed by atoms with Crippen molar-refractivity contribution in [3.8, 4) is 0 Å². The number of piperidine rings is 1. The van der Waals surface area contributed by atoms with E-state index in [-0.39, 0.29) is 6.10 Å². The van der Waals surface area contributed by atoms with Crippen LogP contribution in [-0.2, 0) is 6.54 Å². The molecule has 24 heavy (non-hydrogen) atoms. The van der Waals surface area contributed by atoms with Crippen molar-refractivity contribution in [3.63, 3.8) is 0 Å². The molecule has 1 saturated carbocycles. The van der Waals surface area contributed by atoms with Crippen LogP contribution in [0.25, 0.3) is 0 Å². The molecule has 0 bridgehead atoms. The fraction of sp³-hybridized carbons (Fsp3) is 0.579. The van der Waals surface area contributed by atoms with Crippen LogP contribution in [0.5, 0.6) is 0 Å². The Morgan fingerprint density at radius 3 is 2.71 bits per heavy atom. The standard InChI is InChI=1S/C19H26N2O2S/c22-16-11-14(12-16)19(18-4-2-10-24-18)20-15-5-7-21(8-6-15)13-17-3-1-9-23-17/h1-4,9-10,14-16,19-20,22H,5-8,11-13H2/t14?,16?,19-/m1/s1. The lowest BCUT2D eigenvalue weighted by Gasteiger charge is -2.41. The molecule has 2 fully saturated rings. The number of hydrogen-bond acceptors (Lipinski definition) is 5. The molecule has 1 saturated heterocycles. The fourth-order valence-corrected chi connectivity index (χ4v) is 4.83. The predicted molar refractivity (Wildman–Crippen MR) is 95.9 cm³/mol. The van der Waals surface area contributed by atoms with E-state index in [0.29, 0.717) is 18.0 Å². The number of rotatable bonds is 6. The summed E-state index contributed by atoms with van der Waals surface area (Å²) in [6.07, 6.45) is 5.90. The zero-order valence-electron chi connectivity index (χ0n) is 13.9. The minimum Gasteiger partial charge on any atom is -0.468 e. The zero-order valence-corrected chi connectivity index (χ0v) is 14.8. The summed E-state index contributed by atoms with van der Waals surface area (Å²) in [6.45, 7) is 3.15. The van der Waals surface area contributed by atoms with Crippen LogP contribution in [0, 0.1) is 5.92 Å². The van der Waals surface area contributed by atoms with Crippen LogP contribution in [0.2, 0.25) is 0 Å². The van der Waals surface area contributed by atoms with Crippen molar-refractivity contribution in [2.24, 2.45) is 5.92 Å². The normalized spacial score (nSPS) is 27.0. The Bertz CT molecular complexity index is 599. The topological polar surface area (TPSA) is 48.6 Å². The molecule has 130 valence electrons. The molecule has 3 heterocycles. The van der Waals surface area contributed by atoms with Crippen LogP contribution in [0.1, 0.15) is 42.4 Å². The first-order chi connectivity index (χ1) is 11.8. The van der Waals surface area contributed by atoms with E-state index in [2.05, 4.69) is 33.8 Å². The minimum absolute atomic E-state index is 0.0885. The smallest absolute Gasteiger partial charge is 0.117 e. The molecule has 4 rings (SSSR count). The van der Waals surface area contributed by atoms with Crippen molar-refractivity contribution in [1.82, 2.24) is 10.2 Å². The maximum atomic E-state index is 9.69. The van der Waals surface area contributed by atoms with Crippen molar-refractivity contribution in [2.75, 3.05) is 13.1 Å². The van der Waals surface area contributed by atoms with Gasteiger partial charge in [-0.05, 0) is 55.2 Å². The summed E-state index contributed by atoms with van der Waals surface area (Å²) in [5.41, 5.74) is 0. The Labute approximate surface area is 147 Å². The van der Waals surface area contributed by atoms with Gasteiger partial charge in [0, 0.05) is 30.1 Å². The van der Waals surface area contributed by atoms with Gasteiger partial charge in [0.25, 0.3) is 0 Å². The van der Waals surface area contributed by atoms with Crippen LogP contribution in [0.3, 0.4) is 0 Å². The Balaban J connectivity index is 1.31. The van der Waals surface area contributed by atoms with Crippen molar-refractivity contribution in [1.29, 1.82) is 0 Å². The molecule has 1 aliphatic heterocycles. The largest absolute Gasteiger partial charge is 0.468 e. The molecule has 1 aliphatic carbocycles. The molecule has 2 aliphatic rings. The number of hydrogen-bond donors (Lipinski definition) is 2. The van der Waals surface area contributed by atoms with E-state index in [0.717, 1.165) is 38.2 Å². The molecular weight excluding hydrogens is 320 g/mol. The molecule has 0 amide bonds. The number of nitrogens with zero attached hydrogens (tertiary/aromatic N) is 1. The second-order valence-corrected chi connectivity index (χ2v) is 8.15. The van der Waals surface area contributed by atoms with Gasteiger partial charge in [0.2, 0.25) is 0 Å². The Kier molecular flexibility index (Phi) is 5.03. The molecule has 5 heteroatoms. The third-order valence-electron chi connectivity index (χ3n) is 5.43. The molecule has 1 atom stereocenters. The molecule has 0 aromatic carbocycles.